The highest BCUT2D eigenvalue weighted by Gasteiger charge is 2.39. The van der Waals surface area contributed by atoms with Gasteiger partial charge in [0.1, 0.15) is 3.57 Å². The molecule has 0 aliphatic rings. The molecule has 0 aromatic carbocycles. The van der Waals surface area contributed by atoms with Gasteiger partial charge in [-0.05, 0) is 29.5 Å². The van der Waals surface area contributed by atoms with E-state index >= 15 is 0 Å². The summed E-state index contributed by atoms with van der Waals surface area (Å²) in [6.07, 6.45) is -4.33. The van der Waals surface area contributed by atoms with Crippen LogP contribution in [0.1, 0.15) is 17.4 Å². The Kier molecular flexibility index (Phi) is 5.08. The lowest BCUT2D eigenvalue weighted by molar-refractivity contribution is -0.389. The topological polar surface area (TPSA) is 91.6 Å². The minimum atomic E-state index is -5.21. The van der Waals surface area contributed by atoms with Crippen LogP contribution in [0, 0.1) is 13.7 Å². The predicted molar refractivity (Wildman–Crippen MR) is 66.2 cm³/mol. The van der Waals surface area contributed by atoms with Crippen LogP contribution in [0.5, 0.6) is 5.75 Å². The minimum absolute atomic E-state index is 0.133. The molecule has 0 unspecified atom stereocenters. The highest BCUT2D eigenvalue weighted by atomic mass is 127. The average molecular weight is 406 g/mol. The molecule has 110 valence electrons. The number of carbonyl (C=O) groups is 1. The van der Waals surface area contributed by atoms with Crippen molar-refractivity contribution >= 4 is 34.2 Å². The molecule has 1 heterocycles. The fraction of sp³-hybridized carbons (Fsp3) is 0.333. The Morgan fingerprint density at radius 3 is 2.60 bits per heavy atom. The third-order valence-corrected chi connectivity index (χ3v) is 2.62. The summed E-state index contributed by atoms with van der Waals surface area (Å²) in [7, 11) is 0. The van der Waals surface area contributed by atoms with Crippen LogP contribution in [0.15, 0.2) is 6.20 Å². The van der Waals surface area contributed by atoms with Crippen LogP contribution in [0.25, 0.3) is 0 Å². The average Bonchev–Trinajstić information content (AvgIpc) is 2.26. The van der Waals surface area contributed by atoms with Gasteiger partial charge < -0.3 is 9.47 Å². The molecule has 1 aromatic heterocycles. The van der Waals surface area contributed by atoms with Crippen LogP contribution in [-0.2, 0) is 4.74 Å². The molecule has 0 atom stereocenters. The van der Waals surface area contributed by atoms with Crippen molar-refractivity contribution in [3.8, 4) is 5.75 Å². The number of nitro groups is 1. The van der Waals surface area contributed by atoms with Gasteiger partial charge in [-0.15, -0.1) is 13.2 Å². The van der Waals surface area contributed by atoms with E-state index in [9.17, 15) is 28.1 Å². The highest BCUT2D eigenvalue weighted by molar-refractivity contribution is 14.1. The molecule has 1 aromatic rings. The van der Waals surface area contributed by atoms with Crippen molar-refractivity contribution in [2.75, 3.05) is 6.61 Å². The van der Waals surface area contributed by atoms with Crippen molar-refractivity contribution in [2.24, 2.45) is 0 Å². The summed E-state index contributed by atoms with van der Waals surface area (Å²) >= 11 is 1.41. The second kappa shape index (κ2) is 6.19. The first kappa shape index (κ1) is 16.4. The molecule has 0 saturated carbocycles. The predicted octanol–water partition coefficient (Wildman–Crippen LogP) is 2.67. The number of carbonyl (C=O) groups excluding carboxylic acids is 1. The number of rotatable bonds is 4. The number of ether oxygens (including phenoxy) is 2. The molecule has 0 saturated heterocycles. The maximum atomic E-state index is 12.3. The molecular weight excluding hydrogens is 400 g/mol. The molecule has 0 N–H and O–H groups in total. The van der Waals surface area contributed by atoms with E-state index in [1.807, 2.05) is 0 Å². The zero-order valence-electron chi connectivity index (χ0n) is 9.73. The molecule has 0 spiro atoms. The van der Waals surface area contributed by atoms with Gasteiger partial charge in [-0.1, -0.05) is 0 Å². The van der Waals surface area contributed by atoms with Crippen LogP contribution < -0.4 is 4.74 Å². The summed E-state index contributed by atoms with van der Waals surface area (Å²) in [5.41, 5.74) is -1.91. The van der Waals surface area contributed by atoms with Crippen molar-refractivity contribution in [3.05, 3.63) is 25.6 Å². The van der Waals surface area contributed by atoms with Crippen LogP contribution in [0.4, 0.5) is 18.9 Å². The number of pyridine rings is 1. The molecule has 0 fully saturated rings. The summed E-state index contributed by atoms with van der Waals surface area (Å²) in [6.45, 7) is 1.29. The monoisotopic (exact) mass is 406 g/mol. The molecule has 0 amide bonds. The third kappa shape index (κ3) is 3.91. The Morgan fingerprint density at radius 2 is 2.15 bits per heavy atom. The Morgan fingerprint density at radius 1 is 1.55 bits per heavy atom. The van der Waals surface area contributed by atoms with Gasteiger partial charge >= 0.3 is 18.0 Å². The third-order valence-electron chi connectivity index (χ3n) is 1.83. The summed E-state index contributed by atoms with van der Waals surface area (Å²) < 4.78 is 44.8. The van der Waals surface area contributed by atoms with Gasteiger partial charge in [-0.2, -0.15) is 0 Å². The number of hydrogen-bond acceptors (Lipinski definition) is 6. The molecular formula is C9H6F3IN2O5. The molecule has 0 radical (unpaired) electrons. The van der Waals surface area contributed by atoms with Crippen molar-refractivity contribution < 1.29 is 32.4 Å². The zero-order valence-corrected chi connectivity index (χ0v) is 11.9. The molecule has 11 heteroatoms. The standard InChI is InChI=1S/C9H6F3IN2O5/c1-2-19-8(16)5-7(20-9(10,11)12)6(15(17)18)4(13)3-14-5/h3H,2H2,1H3. The molecule has 0 aliphatic carbocycles. The Bertz CT molecular complexity index is 549. The first-order valence-corrected chi connectivity index (χ1v) is 6.01. The van der Waals surface area contributed by atoms with E-state index in [0.29, 0.717) is 0 Å². The summed E-state index contributed by atoms with van der Waals surface area (Å²) in [4.78, 5) is 24.6. The van der Waals surface area contributed by atoms with Crippen LogP contribution in [-0.4, -0.2) is 28.8 Å². The first-order chi connectivity index (χ1) is 9.17. The fourth-order valence-electron chi connectivity index (χ4n) is 1.19. The summed E-state index contributed by atoms with van der Waals surface area (Å²) in [5.74, 6) is -2.53. The maximum Gasteiger partial charge on any atom is 0.573 e. The molecule has 0 bridgehead atoms. The van der Waals surface area contributed by atoms with Crippen molar-refractivity contribution in [2.45, 2.75) is 13.3 Å². The van der Waals surface area contributed by atoms with Crippen molar-refractivity contribution in [3.63, 3.8) is 0 Å². The molecule has 0 aliphatic heterocycles. The van der Waals surface area contributed by atoms with Gasteiger partial charge in [-0.3, -0.25) is 10.1 Å². The smallest absolute Gasteiger partial charge is 0.461 e. The second-order valence-corrected chi connectivity index (χ2v) is 4.32. The molecule has 1 rings (SSSR count). The van der Waals surface area contributed by atoms with E-state index in [0.717, 1.165) is 6.20 Å². The number of esters is 1. The normalized spacial score (nSPS) is 11.1. The lowest BCUT2D eigenvalue weighted by Crippen LogP contribution is -2.21. The van der Waals surface area contributed by atoms with Gasteiger partial charge in [0.25, 0.3) is 0 Å². The van der Waals surface area contributed by atoms with Crippen LogP contribution in [0.2, 0.25) is 0 Å². The van der Waals surface area contributed by atoms with Crippen molar-refractivity contribution in [1.29, 1.82) is 0 Å². The first-order valence-electron chi connectivity index (χ1n) is 4.93. The molecule has 7 nitrogen and oxygen atoms in total. The largest absolute Gasteiger partial charge is 0.573 e. The van der Waals surface area contributed by atoms with E-state index < -0.39 is 34.4 Å². The second-order valence-electron chi connectivity index (χ2n) is 3.16. The zero-order chi connectivity index (χ0) is 15.5. The van der Waals surface area contributed by atoms with Gasteiger partial charge in [0, 0.05) is 6.20 Å². The van der Waals surface area contributed by atoms with Crippen LogP contribution >= 0.6 is 22.6 Å². The van der Waals surface area contributed by atoms with Gasteiger partial charge in [0.05, 0.1) is 11.5 Å². The van der Waals surface area contributed by atoms with Crippen molar-refractivity contribution in [1.82, 2.24) is 4.98 Å². The maximum absolute atomic E-state index is 12.3. The van der Waals surface area contributed by atoms with E-state index in [1.165, 1.54) is 29.5 Å². The van der Waals surface area contributed by atoms with E-state index in [1.54, 1.807) is 0 Å². The van der Waals surface area contributed by atoms with Gasteiger partial charge in [-0.25, -0.2) is 9.78 Å². The van der Waals surface area contributed by atoms with Gasteiger partial charge in [0.15, 0.2) is 5.69 Å². The number of aromatic nitrogens is 1. The number of alkyl halides is 3. The van der Waals surface area contributed by atoms with Crippen LogP contribution in [0.3, 0.4) is 0 Å². The lowest BCUT2D eigenvalue weighted by Gasteiger charge is -2.12. The number of nitrogens with zero attached hydrogens (tertiary/aromatic N) is 2. The molecule has 20 heavy (non-hydrogen) atoms. The summed E-state index contributed by atoms with van der Waals surface area (Å²) in [6, 6.07) is 0. The Balaban J connectivity index is 3.48. The van der Waals surface area contributed by atoms with E-state index in [4.69, 9.17) is 0 Å². The SMILES string of the molecule is CCOC(=O)c1ncc(I)c([N+](=O)[O-])c1OC(F)(F)F. The van der Waals surface area contributed by atoms with E-state index in [2.05, 4.69) is 14.5 Å². The number of hydrogen-bond donors (Lipinski definition) is 0. The quantitative estimate of drug-likeness (QED) is 0.331. The number of halogens is 4. The fourth-order valence-corrected chi connectivity index (χ4v) is 1.77. The summed E-state index contributed by atoms with van der Waals surface area (Å²) in [5, 5.41) is 10.8. The van der Waals surface area contributed by atoms with Gasteiger partial charge in [0.2, 0.25) is 5.75 Å². The van der Waals surface area contributed by atoms with E-state index in [-0.39, 0.29) is 10.2 Å². The minimum Gasteiger partial charge on any atom is -0.461 e. The highest BCUT2D eigenvalue weighted by Crippen LogP contribution is 2.37. The Labute approximate surface area is 123 Å². The Hall–Kier alpha value is -1.66. The lowest BCUT2D eigenvalue weighted by atomic mass is 10.3.